The molecular formula is C17H19F3N2O2. The molecule has 4 nitrogen and oxygen atoms in total. The minimum atomic E-state index is -4.66. The van der Waals surface area contributed by atoms with Crippen molar-refractivity contribution >= 4 is 16.8 Å². The number of alkyl halides is 3. The topological polar surface area (TPSA) is 56.3 Å². The van der Waals surface area contributed by atoms with Gasteiger partial charge in [-0.1, -0.05) is 18.2 Å². The van der Waals surface area contributed by atoms with Gasteiger partial charge in [-0.15, -0.1) is 0 Å². The molecule has 0 saturated carbocycles. The van der Waals surface area contributed by atoms with Gasteiger partial charge < -0.3 is 15.0 Å². The minimum Gasteiger partial charge on any atom is -0.380 e. The Morgan fingerprint density at radius 3 is 2.62 bits per heavy atom. The molecule has 130 valence electrons. The highest BCUT2D eigenvalue weighted by molar-refractivity contribution is 5.90. The lowest BCUT2D eigenvalue weighted by atomic mass is 9.90. The molecule has 0 bridgehead atoms. The maximum absolute atomic E-state index is 12.8. The van der Waals surface area contributed by atoms with E-state index in [1.807, 2.05) is 25.1 Å². The molecule has 1 aromatic heterocycles. The van der Waals surface area contributed by atoms with Crippen molar-refractivity contribution in [2.45, 2.75) is 38.0 Å². The van der Waals surface area contributed by atoms with Crippen molar-refractivity contribution in [3.8, 4) is 0 Å². The Kier molecular flexibility index (Phi) is 4.07. The van der Waals surface area contributed by atoms with Gasteiger partial charge >= 0.3 is 6.18 Å². The van der Waals surface area contributed by atoms with Crippen molar-refractivity contribution < 1.29 is 23.1 Å². The van der Waals surface area contributed by atoms with Crippen LogP contribution < -0.4 is 0 Å². The van der Waals surface area contributed by atoms with Crippen LogP contribution in [0, 0.1) is 6.92 Å². The summed E-state index contributed by atoms with van der Waals surface area (Å²) in [6, 6.07) is 5.79. The van der Waals surface area contributed by atoms with Crippen LogP contribution in [0.15, 0.2) is 24.4 Å². The Labute approximate surface area is 137 Å². The number of aryl methyl sites for hydroxylation is 1. The van der Waals surface area contributed by atoms with E-state index in [9.17, 15) is 23.1 Å². The number of hydrogen-bond donors (Lipinski definition) is 2. The fourth-order valence-electron chi connectivity index (χ4n) is 3.19. The molecule has 0 atom stereocenters. The van der Waals surface area contributed by atoms with Crippen LogP contribution >= 0.6 is 0 Å². The number of nitrogens with one attached hydrogen (secondary N) is 1. The van der Waals surface area contributed by atoms with Crippen molar-refractivity contribution in [2.24, 2.45) is 0 Å². The molecule has 24 heavy (non-hydrogen) atoms. The van der Waals surface area contributed by atoms with E-state index in [1.54, 1.807) is 6.20 Å². The molecule has 2 aromatic rings. The van der Waals surface area contributed by atoms with Crippen LogP contribution in [0.1, 0.15) is 24.0 Å². The number of fused-ring (bicyclic) bond motifs is 1. The standard InChI is InChI=1S/C17H19F3N2O2/c1-11-3-2-4-13-12(10-21-15(11)13)9-14(23)22-7-5-16(24,6-8-22)17(18,19)20/h2-4,10,21,24H,5-9H2,1H3. The van der Waals surface area contributed by atoms with Crippen LogP contribution in [-0.2, 0) is 11.2 Å². The van der Waals surface area contributed by atoms with Gasteiger partial charge in [-0.05, 0) is 18.1 Å². The third-order valence-electron chi connectivity index (χ3n) is 4.82. The molecule has 3 rings (SSSR count). The van der Waals surface area contributed by atoms with Gasteiger partial charge in [0.15, 0.2) is 5.60 Å². The Hall–Kier alpha value is -2.02. The lowest BCUT2D eigenvalue weighted by molar-refractivity contribution is -0.272. The molecule has 0 aliphatic carbocycles. The van der Waals surface area contributed by atoms with Crippen LogP contribution in [0.4, 0.5) is 13.2 Å². The van der Waals surface area contributed by atoms with E-state index < -0.39 is 24.6 Å². The number of likely N-dealkylation sites (tertiary alicyclic amines) is 1. The fourth-order valence-corrected chi connectivity index (χ4v) is 3.19. The van der Waals surface area contributed by atoms with E-state index in [-0.39, 0.29) is 25.4 Å². The highest BCUT2D eigenvalue weighted by Gasteiger charge is 2.54. The number of aromatic nitrogens is 1. The minimum absolute atomic E-state index is 0.0871. The number of aliphatic hydroxyl groups is 1. The summed E-state index contributed by atoms with van der Waals surface area (Å²) in [5.74, 6) is -0.221. The molecule has 1 aliphatic heterocycles. The average molecular weight is 340 g/mol. The van der Waals surface area contributed by atoms with Gasteiger partial charge in [0.25, 0.3) is 0 Å². The average Bonchev–Trinajstić information content (AvgIpc) is 2.91. The third kappa shape index (κ3) is 2.88. The second kappa shape index (κ2) is 5.81. The highest BCUT2D eigenvalue weighted by atomic mass is 19.4. The summed E-state index contributed by atoms with van der Waals surface area (Å²) >= 11 is 0. The molecule has 0 radical (unpaired) electrons. The summed E-state index contributed by atoms with van der Waals surface area (Å²) in [4.78, 5) is 16.9. The van der Waals surface area contributed by atoms with E-state index in [0.717, 1.165) is 22.0 Å². The Bertz CT molecular complexity index is 759. The summed E-state index contributed by atoms with van der Waals surface area (Å²) in [6.07, 6.45) is -3.71. The second-order valence-corrected chi connectivity index (χ2v) is 6.40. The smallest absolute Gasteiger partial charge is 0.380 e. The van der Waals surface area contributed by atoms with Crippen LogP contribution in [0.5, 0.6) is 0 Å². The van der Waals surface area contributed by atoms with E-state index in [1.165, 1.54) is 4.90 Å². The Morgan fingerprint density at radius 2 is 2.00 bits per heavy atom. The van der Waals surface area contributed by atoms with Gasteiger partial charge in [-0.3, -0.25) is 4.79 Å². The summed E-state index contributed by atoms with van der Waals surface area (Å²) in [6.45, 7) is 1.79. The zero-order chi connectivity index (χ0) is 17.5. The number of halogens is 3. The molecule has 1 aromatic carbocycles. The Balaban J connectivity index is 1.69. The van der Waals surface area contributed by atoms with E-state index in [2.05, 4.69) is 4.98 Å². The summed E-state index contributed by atoms with van der Waals surface area (Å²) in [7, 11) is 0. The normalized spacial score (nSPS) is 18.1. The highest BCUT2D eigenvalue weighted by Crippen LogP contribution is 2.38. The molecule has 0 unspecified atom stereocenters. The molecular weight excluding hydrogens is 321 g/mol. The lowest BCUT2D eigenvalue weighted by Gasteiger charge is -2.39. The first-order valence-corrected chi connectivity index (χ1v) is 7.84. The quantitative estimate of drug-likeness (QED) is 0.883. The predicted molar refractivity (Wildman–Crippen MR) is 83.6 cm³/mol. The lowest BCUT2D eigenvalue weighted by Crippen LogP contribution is -2.54. The predicted octanol–water partition coefficient (Wildman–Crippen LogP) is 2.93. The van der Waals surface area contributed by atoms with Crippen molar-refractivity contribution in [3.63, 3.8) is 0 Å². The Morgan fingerprint density at radius 1 is 1.33 bits per heavy atom. The van der Waals surface area contributed by atoms with E-state index in [0.29, 0.717) is 0 Å². The van der Waals surface area contributed by atoms with Gasteiger partial charge in [-0.25, -0.2) is 0 Å². The number of H-pyrrole nitrogens is 1. The number of hydrogen-bond acceptors (Lipinski definition) is 2. The van der Waals surface area contributed by atoms with E-state index in [4.69, 9.17) is 0 Å². The van der Waals surface area contributed by atoms with Gasteiger partial charge in [0.2, 0.25) is 5.91 Å². The second-order valence-electron chi connectivity index (χ2n) is 6.40. The molecule has 1 aliphatic rings. The number of carbonyl (C=O) groups excluding carboxylic acids is 1. The van der Waals surface area contributed by atoms with Gasteiger partial charge in [-0.2, -0.15) is 13.2 Å². The van der Waals surface area contributed by atoms with Gasteiger partial charge in [0, 0.05) is 43.0 Å². The fraction of sp³-hybridized carbons (Fsp3) is 0.471. The van der Waals surface area contributed by atoms with Gasteiger partial charge in [0.05, 0.1) is 6.42 Å². The SMILES string of the molecule is Cc1cccc2c(CC(=O)N3CCC(O)(C(F)(F)F)CC3)c[nH]c12. The zero-order valence-corrected chi connectivity index (χ0v) is 13.3. The number of rotatable bonds is 2. The number of para-hydroxylation sites is 1. The number of aromatic amines is 1. The van der Waals surface area contributed by atoms with Crippen molar-refractivity contribution in [1.29, 1.82) is 0 Å². The van der Waals surface area contributed by atoms with Crippen molar-refractivity contribution in [2.75, 3.05) is 13.1 Å². The van der Waals surface area contributed by atoms with Crippen molar-refractivity contribution in [1.82, 2.24) is 9.88 Å². The number of piperidine rings is 1. The molecule has 1 amide bonds. The summed E-state index contributed by atoms with van der Waals surface area (Å²) in [5.41, 5.74) is 0.182. The van der Waals surface area contributed by atoms with Crippen LogP contribution in [0.3, 0.4) is 0 Å². The maximum atomic E-state index is 12.8. The van der Waals surface area contributed by atoms with Crippen LogP contribution in [-0.4, -0.2) is 45.8 Å². The summed E-state index contributed by atoms with van der Waals surface area (Å²) in [5, 5.41) is 10.6. The number of carbonyl (C=O) groups is 1. The van der Waals surface area contributed by atoms with Crippen LogP contribution in [0.25, 0.3) is 10.9 Å². The molecule has 7 heteroatoms. The van der Waals surface area contributed by atoms with Gasteiger partial charge in [0.1, 0.15) is 0 Å². The summed E-state index contributed by atoms with van der Waals surface area (Å²) < 4.78 is 38.4. The zero-order valence-electron chi connectivity index (χ0n) is 13.3. The first-order chi connectivity index (χ1) is 11.2. The van der Waals surface area contributed by atoms with Crippen molar-refractivity contribution in [3.05, 3.63) is 35.5 Å². The molecule has 1 fully saturated rings. The third-order valence-corrected chi connectivity index (χ3v) is 4.82. The monoisotopic (exact) mass is 340 g/mol. The molecule has 1 saturated heterocycles. The largest absolute Gasteiger partial charge is 0.417 e. The number of benzene rings is 1. The van der Waals surface area contributed by atoms with Crippen LogP contribution in [0.2, 0.25) is 0 Å². The molecule has 2 N–H and O–H groups in total. The maximum Gasteiger partial charge on any atom is 0.417 e. The molecule has 0 spiro atoms. The number of nitrogens with zero attached hydrogens (tertiary/aromatic N) is 1. The first-order valence-electron chi connectivity index (χ1n) is 7.84. The van der Waals surface area contributed by atoms with E-state index >= 15 is 0 Å². The molecule has 2 heterocycles. The number of amides is 1. The first kappa shape index (κ1) is 16.8.